The molecule has 1 aromatic rings. The number of carbonyl (C=O) groups is 3. The van der Waals surface area contributed by atoms with Crippen LogP contribution in [0.3, 0.4) is 0 Å². The normalized spacial score (nSPS) is 18.6. The summed E-state index contributed by atoms with van der Waals surface area (Å²) < 4.78 is 10.3. The van der Waals surface area contributed by atoms with E-state index in [4.69, 9.17) is 21.1 Å². The molecule has 1 aliphatic rings. The molecule has 1 heterocycles. The molecule has 0 aromatic heterocycles. The molecule has 1 unspecified atom stereocenters. The van der Waals surface area contributed by atoms with Crippen LogP contribution in [0.25, 0.3) is 0 Å². The number of quaternary nitrogens is 1. The summed E-state index contributed by atoms with van der Waals surface area (Å²) in [6.07, 6.45) is 1.65. The largest absolute Gasteiger partial charge is 0.495 e. The number of methoxy groups -OCH3 is 1. The van der Waals surface area contributed by atoms with Gasteiger partial charge in [0.2, 0.25) is 5.91 Å². The molecule has 1 fully saturated rings. The summed E-state index contributed by atoms with van der Waals surface area (Å²) in [6.45, 7) is 3.68. The Morgan fingerprint density at radius 3 is 2.79 bits per heavy atom. The van der Waals surface area contributed by atoms with Gasteiger partial charge in [0.05, 0.1) is 39.0 Å². The minimum absolute atomic E-state index is 0.0942. The number of likely N-dealkylation sites (tertiary alicyclic amines) is 1. The van der Waals surface area contributed by atoms with Gasteiger partial charge in [-0.05, 0) is 38.0 Å². The molecule has 1 aliphatic heterocycles. The van der Waals surface area contributed by atoms with Crippen LogP contribution >= 0.6 is 11.6 Å². The second kappa shape index (κ2) is 11.0. The number of hydrogen-bond acceptors (Lipinski definition) is 5. The van der Waals surface area contributed by atoms with Crippen molar-refractivity contribution >= 4 is 35.1 Å². The highest BCUT2D eigenvalue weighted by Gasteiger charge is 2.31. The molecule has 0 radical (unpaired) electrons. The summed E-state index contributed by atoms with van der Waals surface area (Å²) in [7, 11) is 3.09. The molecule has 160 valence electrons. The summed E-state index contributed by atoms with van der Waals surface area (Å²) in [5.41, 5.74) is 0.449. The predicted molar refractivity (Wildman–Crippen MR) is 109 cm³/mol. The number of benzene rings is 1. The van der Waals surface area contributed by atoms with E-state index in [9.17, 15) is 14.4 Å². The predicted octanol–water partition coefficient (Wildman–Crippen LogP) is 0.604. The lowest BCUT2D eigenvalue weighted by molar-refractivity contribution is -0.899. The third-order valence-electron chi connectivity index (χ3n) is 4.88. The van der Waals surface area contributed by atoms with Crippen LogP contribution in [0.5, 0.6) is 5.75 Å². The van der Waals surface area contributed by atoms with Gasteiger partial charge in [0.1, 0.15) is 11.7 Å². The van der Waals surface area contributed by atoms with Crippen LogP contribution in [-0.2, 0) is 19.1 Å². The fourth-order valence-corrected chi connectivity index (χ4v) is 3.57. The van der Waals surface area contributed by atoms with Crippen LogP contribution in [0.4, 0.5) is 5.69 Å². The summed E-state index contributed by atoms with van der Waals surface area (Å²) in [5, 5.41) is 3.19. The van der Waals surface area contributed by atoms with Gasteiger partial charge in [-0.3, -0.25) is 14.4 Å². The van der Waals surface area contributed by atoms with Gasteiger partial charge in [-0.2, -0.15) is 0 Å². The minimum atomic E-state index is -0.348. The average Bonchev–Trinajstić information content (AvgIpc) is 2.68. The van der Waals surface area contributed by atoms with Crippen LogP contribution in [-0.4, -0.2) is 69.6 Å². The van der Waals surface area contributed by atoms with Gasteiger partial charge in [0.15, 0.2) is 6.54 Å². The zero-order valence-electron chi connectivity index (χ0n) is 17.1. The Morgan fingerprint density at radius 1 is 1.34 bits per heavy atom. The van der Waals surface area contributed by atoms with Crippen molar-refractivity contribution in [3.8, 4) is 5.75 Å². The third kappa shape index (κ3) is 6.90. The Kier molecular flexibility index (Phi) is 8.72. The van der Waals surface area contributed by atoms with Crippen molar-refractivity contribution in [2.24, 2.45) is 5.92 Å². The molecule has 0 bridgehead atoms. The topological polar surface area (TPSA) is 89.4 Å². The molecule has 2 rings (SSSR count). The molecule has 29 heavy (non-hydrogen) atoms. The lowest BCUT2D eigenvalue weighted by Gasteiger charge is -2.29. The fraction of sp³-hybridized carbons (Fsp3) is 0.550. The van der Waals surface area contributed by atoms with E-state index in [0.717, 1.165) is 24.3 Å². The number of anilines is 1. The second-order valence-electron chi connectivity index (χ2n) is 7.11. The molecular formula is C20H29ClN3O5+. The molecule has 2 N–H and O–H groups in total. The number of carbonyl (C=O) groups excluding carboxylic acids is 3. The first-order chi connectivity index (χ1) is 13.8. The zero-order valence-corrected chi connectivity index (χ0v) is 17.9. The number of esters is 1. The van der Waals surface area contributed by atoms with Gasteiger partial charge in [-0.15, -0.1) is 0 Å². The van der Waals surface area contributed by atoms with Gasteiger partial charge in [-0.1, -0.05) is 11.6 Å². The molecule has 0 spiro atoms. The van der Waals surface area contributed by atoms with Crippen molar-refractivity contribution in [3.63, 3.8) is 0 Å². The molecule has 1 saturated heterocycles. The maximum Gasteiger partial charge on any atom is 0.314 e. The molecule has 2 atom stereocenters. The Morgan fingerprint density at radius 2 is 2.10 bits per heavy atom. The summed E-state index contributed by atoms with van der Waals surface area (Å²) in [4.78, 5) is 39.3. The molecule has 2 amide bonds. The first kappa shape index (κ1) is 23.0. The van der Waals surface area contributed by atoms with Crippen LogP contribution in [0.2, 0.25) is 5.02 Å². The van der Waals surface area contributed by atoms with Crippen molar-refractivity contribution < 1.29 is 28.8 Å². The first-order valence-electron chi connectivity index (χ1n) is 9.71. The maximum atomic E-state index is 12.5. The van der Waals surface area contributed by atoms with Crippen LogP contribution in [0.1, 0.15) is 19.8 Å². The third-order valence-corrected chi connectivity index (χ3v) is 5.12. The minimum Gasteiger partial charge on any atom is -0.495 e. The first-order valence-corrected chi connectivity index (χ1v) is 10.1. The highest BCUT2D eigenvalue weighted by atomic mass is 35.5. The van der Waals surface area contributed by atoms with Gasteiger partial charge < -0.3 is 24.6 Å². The van der Waals surface area contributed by atoms with E-state index in [1.54, 1.807) is 32.2 Å². The number of amides is 2. The van der Waals surface area contributed by atoms with E-state index in [1.165, 1.54) is 12.0 Å². The van der Waals surface area contributed by atoms with Gasteiger partial charge in [-0.25, -0.2) is 0 Å². The SMILES string of the molecule is CCOC(=O)[C@@H]1CCC[NH+](CC(=O)N(C)CC(=O)Nc2cc(Cl)ccc2OC)C1. The molecule has 1 aromatic carbocycles. The number of hydrogen-bond donors (Lipinski definition) is 2. The smallest absolute Gasteiger partial charge is 0.314 e. The van der Waals surface area contributed by atoms with E-state index in [2.05, 4.69) is 5.32 Å². The number of rotatable bonds is 8. The van der Waals surface area contributed by atoms with Gasteiger partial charge in [0.25, 0.3) is 5.91 Å². The molecular weight excluding hydrogens is 398 g/mol. The number of nitrogens with zero attached hydrogens (tertiary/aromatic N) is 1. The van der Waals surface area contributed by atoms with E-state index in [-0.39, 0.29) is 36.8 Å². The summed E-state index contributed by atoms with van der Waals surface area (Å²) in [6, 6.07) is 4.91. The fourth-order valence-electron chi connectivity index (χ4n) is 3.39. The number of likely N-dealkylation sites (N-methyl/N-ethyl adjacent to an activating group) is 1. The van der Waals surface area contributed by atoms with Crippen molar-refractivity contribution in [2.45, 2.75) is 19.8 Å². The average molecular weight is 427 g/mol. The zero-order chi connectivity index (χ0) is 21.4. The lowest BCUT2D eigenvalue weighted by atomic mass is 9.98. The van der Waals surface area contributed by atoms with Crippen molar-refractivity contribution in [1.29, 1.82) is 0 Å². The monoisotopic (exact) mass is 426 g/mol. The van der Waals surface area contributed by atoms with E-state index >= 15 is 0 Å². The highest BCUT2D eigenvalue weighted by Crippen LogP contribution is 2.27. The standard InChI is InChI=1S/C20H28ClN3O5/c1-4-29-20(27)14-6-5-9-24(11-14)13-19(26)23(2)12-18(25)22-16-10-15(21)7-8-17(16)28-3/h7-8,10,14H,4-6,9,11-13H2,1-3H3,(H,22,25)/p+1/t14-/m1/s1. The number of halogens is 1. The Labute approximate surface area is 176 Å². The van der Waals surface area contributed by atoms with Crippen molar-refractivity contribution in [2.75, 3.05) is 52.3 Å². The van der Waals surface area contributed by atoms with Crippen molar-refractivity contribution in [3.05, 3.63) is 23.2 Å². The number of piperidine rings is 1. The summed E-state index contributed by atoms with van der Waals surface area (Å²) >= 11 is 5.97. The Hall–Kier alpha value is -2.32. The Bertz CT molecular complexity index is 743. The molecule has 0 saturated carbocycles. The van der Waals surface area contributed by atoms with Gasteiger partial charge in [0, 0.05) is 12.1 Å². The number of nitrogens with one attached hydrogen (secondary N) is 2. The highest BCUT2D eigenvalue weighted by molar-refractivity contribution is 6.31. The van der Waals surface area contributed by atoms with Crippen LogP contribution < -0.4 is 15.0 Å². The maximum absolute atomic E-state index is 12.5. The lowest BCUT2D eigenvalue weighted by Crippen LogP contribution is -3.14. The Balaban J connectivity index is 1.86. The van der Waals surface area contributed by atoms with Gasteiger partial charge >= 0.3 is 5.97 Å². The van der Waals surface area contributed by atoms with E-state index in [0.29, 0.717) is 29.6 Å². The van der Waals surface area contributed by atoms with Crippen LogP contribution in [0.15, 0.2) is 18.2 Å². The quantitative estimate of drug-likeness (QED) is 0.594. The van der Waals surface area contributed by atoms with Crippen LogP contribution in [0, 0.1) is 5.92 Å². The second-order valence-corrected chi connectivity index (χ2v) is 7.55. The van der Waals surface area contributed by atoms with E-state index < -0.39 is 0 Å². The van der Waals surface area contributed by atoms with Crippen molar-refractivity contribution in [1.82, 2.24) is 4.90 Å². The molecule has 9 heteroatoms. The molecule has 0 aliphatic carbocycles. The molecule has 8 nitrogen and oxygen atoms in total. The summed E-state index contributed by atoms with van der Waals surface area (Å²) in [5.74, 6) is -0.382. The number of ether oxygens (including phenoxy) is 2. The van der Waals surface area contributed by atoms with E-state index in [1.807, 2.05) is 0 Å².